The Morgan fingerprint density at radius 3 is 2.75 bits per heavy atom. The van der Waals surface area contributed by atoms with Crippen LogP contribution in [-0.2, 0) is 0 Å². The van der Waals surface area contributed by atoms with Gasteiger partial charge in [-0.15, -0.1) is 5.10 Å². The molecule has 3 aromatic rings. The number of nitrogens with two attached hydrogens (primary N) is 1. The maximum absolute atomic E-state index is 9.60. The molecule has 2 aromatic heterocycles. The largest absolute Gasteiger partial charge is 0.420 e. The van der Waals surface area contributed by atoms with E-state index in [0.29, 0.717) is 11.5 Å². The average Bonchev–Trinajstić information content (AvgIpc) is 3.24. The van der Waals surface area contributed by atoms with E-state index in [1.54, 1.807) is 11.3 Å². The minimum atomic E-state index is -0.278. The van der Waals surface area contributed by atoms with E-state index in [1.165, 1.54) is 5.56 Å². The number of thiophene rings is 1. The SMILES string of the molecule is Cc1ccc(-c2[nH]nc3c2[C@@H](c2ccsc2)C(C#N)=C(N)O3)cc1. The van der Waals surface area contributed by atoms with Crippen LogP contribution in [0.2, 0.25) is 0 Å². The lowest BCUT2D eigenvalue weighted by Gasteiger charge is -2.23. The van der Waals surface area contributed by atoms with Crippen molar-refractivity contribution in [2.75, 3.05) is 0 Å². The van der Waals surface area contributed by atoms with E-state index >= 15 is 0 Å². The highest BCUT2D eigenvalue weighted by atomic mass is 32.1. The molecule has 1 aromatic carbocycles. The van der Waals surface area contributed by atoms with Gasteiger partial charge < -0.3 is 10.5 Å². The van der Waals surface area contributed by atoms with Crippen LogP contribution in [-0.4, -0.2) is 10.2 Å². The highest BCUT2D eigenvalue weighted by Gasteiger charge is 2.35. The maximum atomic E-state index is 9.60. The summed E-state index contributed by atoms with van der Waals surface area (Å²) in [4.78, 5) is 0. The fraction of sp³-hybridized carbons (Fsp3) is 0.111. The van der Waals surface area contributed by atoms with Crippen LogP contribution in [0.15, 0.2) is 52.5 Å². The predicted octanol–water partition coefficient (Wildman–Crippen LogP) is 3.66. The van der Waals surface area contributed by atoms with Gasteiger partial charge in [0.05, 0.1) is 17.2 Å². The molecule has 0 spiro atoms. The second-order valence-corrected chi connectivity index (χ2v) is 6.44. The molecule has 0 bridgehead atoms. The third kappa shape index (κ3) is 2.18. The summed E-state index contributed by atoms with van der Waals surface area (Å²) in [7, 11) is 0. The van der Waals surface area contributed by atoms with Crippen molar-refractivity contribution in [3.05, 3.63) is 69.2 Å². The Kier molecular flexibility index (Phi) is 3.36. The van der Waals surface area contributed by atoms with E-state index in [2.05, 4.69) is 16.3 Å². The first kappa shape index (κ1) is 14.5. The highest BCUT2D eigenvalue weighted by molar-refractivity contribution is 7.08. The van der Waals surface area contributed by atoms with Gasteiger partial charge in [-0.25, -0.2) is 0 Å². The molecular formula is C18H14N4OS. The first-order chi connectivity index (χ1) is 11.7. The monoisotopic (exact) mass is 334 g/mol. The standard InChI is InChI=1S/C18H14N4OS/c1-10-2-4-11(5-3-10)16-15-14(12-6-7-24-9-12)13(8-19)17(20)23-18(15)22-21-16/h2-7,9,14H,20H2,1H3,(H,21,22)/t14-/m0/s1. The molecule has 24 heavy (non-hydrogen) atoms. The van der Waals surface area contributed by atoms with Gasteiger partial charge in [-0.3, -0.25) is 5.10 Å². The Hall–Kier alpha value is -3.04. The summed E-state index contributed by atoms with van der Waals surface area (Å²) < 4.78 is 5.59. The molecule has 5 nitrogen and oxygen atoms in total. The number of benzene rings is 1. The summed E-state index contributed by atoms with van der Waals surface area (Å²) in [6.07, 6.45) is 0. The zero-order chi connectivity index (χ0) is 16.7. The molecule has 0 fully saturated rings. The van der Waals surface area contributed by atoms with Gasteiger partial charge in [-0.05, 0) is 29.3 Å². The number of hydrogen-bond acceptors (Lipinski definition) is 5. The van der Waals surface area contributed by atoms with Gasteiger partial charge in [0.2, 0.25) is 11.8 Å². The fourth-order valence-electron chi connectivity index (χ4n) is 2.96. The molecule has 3 heterocycles. The summed E-state index contributed by atoms with van der Waals surface area (Å²) in [5.74, 6) is 0.265. The Balaban J connectivity index is 1.94. The van der Waals surface area contributed by atoms with Gasteiger partial charge in [0.15, 0.2) is 0 Å². The normalized spacial score (nSPS) is 16.4. The minimum absolute atomic E-state index is 0.114. The third-order valence-electron chi connectivity index (χ3n) is 4.16. The average molecular weight is 334 g/mol. The number of H-pyrrole nitrogens is 1. The smallest absolute Gasteiger partial charge is 0.244 e. The van der Waals surface area contributed by atoms with Crippen molar-refractivity contribution >= 4 is 11.3 Å². The molecule has 6 heteroatoms. The summed E-state index contributed by atoms with van der Waals surface area (Å²) in [5, 5.41) is 20.9. The lowest BCUT2D eigenvalue weighted by Crippen LogP contribution is -2.20. The molecule has 4 rings (SSSR count). The van der Waals surface area contributed by atoms with Crippen molar-refractivity contribution < 1.29 is 4.74 Å². The zero-order valence-electron chi connectivity index (χ0n) is 12.9. The molecule has 0 saturated carbocycles. The van der Waals surface area contributed by atoms with Crippen LogP contribution in [0.5, 0.6) is 5.88 Å². The number of hydrogen-bond donors (Lipinski definition) is 2. The van der Waals surface area contributed by atoms with Crippen LogP contribution in [0.1, 0.15) is 22.6 Å². The minimum Gasteiger partial charge on any atom is -0.420 e. The Morgan fingerprint density at radius 2 is 2.08 bits per heavy atom. The highest BCUT2D eigenvalue weighted by Crippen LogP contribution is 2.45. The van der Waals surface area contributed by atoms with Crippen LogP contribution in [0.25, 0.3) is 11.3 Å². The second-order valence-electron chi connectivity index (χ2n) is 5.66. The molecule has 1 atom stereocenters. The van der Waals surface area contributed by atoms with Gasteiger partial charge in [-0.2, -0.15) is 16.6 Å². The van der Waals surface area contributed by atoms with Crippen LogP contribution in [0, 0.1) is 18.3 Å². The zero-order valence-corrected chi connectivity index (χ0v) is 13.7. The third-order valence-corrected chi connectivity index (χ3v) is 4.86. The maximum Gasteiger partial charge on any atom is 0.244 e. The summed E-state index contributed by atoms with van der Waals surface area (Å²) >= 11 is 1.58. The number of fused-ring (bicyclic) bond motifs is 1. The van der Waals surface area contributed by atoms with Gasteiger partial charge in [-0.1, -0.05) is 29.8 Å². The van der Waals surface area contributed by atoms with Gasteiger partial charge in [0, 0.05) is 5.56 Å². The first-order valence-corrected chi connectivity index (χ1v) is 8.38. The summed E-state index contributed by atoms with van der Waals surface area (Å²) in [6.45, 7) is 2.04. The molecule has 1 aliphatic heterocycles. The van der Waals surface area contributed by atoms with Crippen molar-refractivity contribution in [1.29, 1.82) is 5.26 Å². The number of nitrogens with one attached hydrogen (secondary N) is 1. The van der Waals surface area contributed by atoms with Crippen molar-refractivity contribution in [2.24, 2.45) is 5.73 Å². The van der Waals surface area contributed by atoms with E-state index in [-0.39, 0.29) is 11.8 Å². The van der Waals surface area contributed by atoms with E-state index < -0.39 is 0 Å². The van der Waals surface area contributed by atoms with E-state index in [0.717, 1.165) is 22.4 Å². The van der Waals surface area contributed by atoms with Crippen molar-refractivity contribution in [3.8, 4) is 23.2 Å². The molecule has 0 aliphatic carbocycles. The number of rotatable bonds is 2. The van der Waals surface area contributed by atoms with Gasteiger partial charge in [0.25, 0.3) is 0 Å². The summed E-state index contributed by atoms with van der Waals surface area (Å²) in [6, 6.07) is 12.3. The lowest BCUT2D eigenvalue weighted by molar-refractivity contribution is 0.379. The van der Waals surface area contributed by atoms with E-state index in [4.69, 9.17) is 10.5 Å². The second kappa shape index (κ2) is 5.55. The molecular weight excluding hydrogens is 320 g/mol. The van der Waals surface area contributed by atoms with Gasteiger partial charge in [0.1, 0.15) is 11.6 Å². The van der Waals surface area contributed by atoms with Crippen LogP contribution in [0.4, 0.5) is 0 Å². The number of aromatic amines is 1. The Morgan fingerprint density at radius 1 is 1.29 bits per heavy atom. The molecule has 0 amide bonds. The van der Waals surface area contributed by atoms with Crippen molar-refractivity contribution in [2.45, 2.75) is 12.8 Å². The molecule has 0 saturated heterocycles. The molecule has 0 radical (unpaired) electrons. The summed E-state index contributed by atoms with van der Waals surface area (Å²) in [5.41, 5.74) is 11.3. The number of nitrogens with zero attached hydrogens (tertiary/aromatic N) is 2. The van der Waals surface area contributed by atoms with Crippen LogP contribution >= 0.6 is 11.3 Å². The Labute approximate surface area is 143 Å². The fourth-order valence-corrected chi connectivity index (χ4v) is 3.64. The number of ether oxygens (including phenoxy) is 1. The van der Waals surface area contributed by atoms with Crippen molar-refractivity contribution in [3.63, 3.8) is 0 Å². The molecule has 118 valence electrons. The quantitative estimate of drug-likeness (QED) is 0.748. The molecule has 1 aliphatic rings. The first-order valence-electron chi connectivity index (χ1n) is 7.44. The molecule has 0 unspecified atom stereocenters. The van der Waals surface area contributed by atoms with Gasteiger partial charge >= 0.3 is 0 Å². The lowest BCUT2D eigenvalue weighted by atomic mass is 9.84. The van der Waals surface area contributed by atoms with Crippen molar-refractivity contribution in [1.82, 2.24) is 10.2 Å². The van der Waals surface area contributed by atoms with Crippen LogP contribution < -0.4 is 10.5 Å². The molecule has 3 N–H and O–H groups in total. The number of allylic oxidation sites excluding steroid dienone is 1. The Bertz CT molecular complexity index is 962. The van der Waals surface area contributed by atoms with E-state index in [1.807, 2.05) is 48.0 Å². The topological polar surface area (TPSA) is 87.7 Å². The number of aryl methyl sites for hydroxylation is 1. The number of aromatic nitrogens is 2. The number of nitriles is 1. The van der Waals surface area contributed by atoms with Crippen LogP contribution in [0.3, 0.4) is 0 Å². The van der Waals surface area contributed by atoms with E-state index in [9.17, 15) is 5.26 Å². The predicted molar refractivity (Wildman–Crippen MR) is 92.4 cm³/mol.